The largest absolute Gasteiger partial charge is 0.483 e. The highest BCUT2D eigenvalue weighted by molar-refractivity contribution is 5.85. The zero-order chi connectivity index (χ0) is 17.3. The third-order valence-corrected chi connectivity index (χ3v) is 4.14. The molecular formula is C17H21NO6. The number of ether oxygens (including phenoxy) is 3. The minimum Gasteiger partial charge on any atom is -0.483 e. The third-order valence-electron chi connectivity index (χ3n) is 4.14. The van der Waals surface area contributed by atoms with Gasteiger partial charge in [0, 0.05) is 18.5 Å². The molecule has 2 aliphatic rings. The van der Waals surface area contributed by atoms with Gasteiger partial charge in [0.05, 0.1) is 13.2 Å². The monoisotopic (exact) mass is 335 g/mol. The van der Waals surface area contributed by atoms with Gasteiger partial charge in [-0.3, -0.25) is 4.79 Å². The molecule has 2 heterocycles. The number of carbonyl (C=O) groups excluding carboxylic acids is 1. The van der Waals surface area contributed by atoms with E-state index in [0.717, 1.165) is 12.0 Å². The Balaban J connectivity index is 1.67. The molecule has 1 unspecified atom stereocenters. The number of morpholine rings is 1. The van der Waals surface area contributed by atoms with Crippen molar-refractivity contribution in [3.05, 3.63) is 23.8 Å². The molecule has 0 aliphatic carbocycles. The van der Waals surface area contributed by atoms with Crippen LogP contribution in [-0.2, 0) is 20.7 Å². The summed E-state index contributed by atoms with van der Waals surface area (Å²) in [7, 11) is 0. The number of amides is 1. The second kappa shape index (κ2) is 6.32. The molecule has 0 bridgehead atoms. The third kappa shape index (κ3) is 3.31. The van der Waals surface area contributed by atoms with E-state index in [2.05, 4.69) is 0 Å². The quantitative estimate of drug-likeness (QED) is 0.887. The Morgan fingerprint density at radius 3 is 2.96 bits per heavy atom. The van der Waals surface area contributed by atoms with Crippen molar-refractivity contribution in [2.45, 2.75) is 31.9 Å². The molecule has 1 fully saturated rings. The number of benzene rings is 1. The van der Waals surface area contributed by atoms with Gasteiger partial charge in [0.1, 0.15) is 5.60 Å². The Kier molecular flexibility index (Phi) is 4.36. The summed E-state index contributed by atoms with van der Waals surface area (Å²) in [6.07, 6.45) is 0.776. The van der Waals surface area contributed by atoms with E-state index < -0.39 is 12.0 Å². The van der Waals surface area contributed by atoms with Gasteiger partial charge in [-0.25, -0.2) is 4.79 Å². The average Bonchev–Trinajstić information content (AvgIpc) is 2.86. The topological polar surface area (TPSA) is 85.3 Å². The maximum atomic E-state index is 12.4. The van der Waals surface area contributed by atoms with Gasteiger partial charge in [-0.1, -0.05) is 12.1 Å². The predicted molar refractivity (Wildman–Crippen MR) is 84.3 cm³/mol. The van der Waals surface area contributed by atoms with Crippen LogP contribution >= 0.6 is 0 Å². The first kappa shape index (κ1) is 16.6. The van der Waals surface area contributed by atoms with E-state index in [-0.39, 0.29) is 31.3 Å². The molecule has 1 amide bonds. The van der Waals surface area contributed by atoms with Crippen LogP contribution in [0.4, 0.5) is 0 Å². The molecule has 2 aliphatic heterocycles. The standard InChI is InChI=1S/C17H21NO6/c1-17(2)8-11-4-3-5-13(15(11)24-17)23-10-14(19)18-6-7-22-9-12(18)16(20)21/h3-5,12H,6-10H2,1-2H3,(H,20,21). The minimum atomic E-state index is -1.08. The molecule has 1 atom stereocenters. The Morgan fingerprint density at radius 1 is 1.42 bits per heavy atom. The number of carboxylic acids is 1. The smallest absolute Gasteiger partial charge is 0.328 e. The van der Waals surface area contributed by atoms with E-state index in [4.69, 9.17) is 14.2 Å². The summed E-state index contributed by atoms with van der Waals surface area (Å²) in [5.74, 6) is -0.284. The van der Waals surface area contributed by atoms with Crippen LogP contribution in [0.15, 0.2) is 18.2 Å². The molecule has 1 aromatic carbocycles. The Hall–Kier alpha value is -2.28. The van der Waals surface area contributed by atoms with Gasteiger partial charge in [0.15, 0.2) is 24.1 Å². The van der Waals surface area contributed by atoms with Crippen molar-refractivity contribution in [2.24, 2.45) is 0 Å². The van der Waals surface area contributed by atoms with E-state index >= 15 is 0 Å². The summed E-state index contributed by atoms with van der Waals surface area (Å²) in [5, 5.41) is 9.19. The van der Waals surface area contributed by atoms with Crippen LogP contribution in [0, 0.1) is 0 Å². The van der Waals surface area contributed by atoms with E-state index in [0.29, 0.717) is 18.1 Å². The van der Waals surface area contributed by atoms with Gasteiger partial charge in [-0.15, -0.1) is 0 Å². The number of carbonyl (C=O) groups is 2. The summed E-state index contributed by atoms with van der Waals surface area (Å²) in [4.78, 5) is 24.9. The number of nitrogens with zero attached hydrogens (tertiary/aromatic N) is 1. The van der Waals surface area contributed by atoms with Gasteiger partial charge in [-0.2, -0.15) is 0 Å². The number of hydrogen-bond donors (Lipinski definition) is 1. The molecule has 7 nitrogen and oxygen atoms in total. The zero-order valence-electron chi connectivity index (χ0n) is 13.8. The lowest BCUT2D eigenvalue weighted by molar-refractivity contribution is -0.159. The highest BCUT2D eigenvalue weighted by Crippen LogP contribution is 2.41. The van der Waals surface area contributed by atoms with E-state index in [9.17, 15) is 14.7 Å². The molecule has 0 radical (unpaired) electrons. The minimum absolute atomic E-state index is 0.000884. The van der Waals surface area contributed by atoms with Gasteiger partial charge in [0.2, 0.25) is 0 Å². The molecule has 24 heavy (non-hydrogen) atoms. The number of carboxylic acid groups (broad SMARTS) is 1. The van der Waals surface area contributed by atoms with E-state index in [1.807, 2.05) is 26.0 Å². The Bertz CT molecular complexity index is 656. The maximum absolute atomic E-state index is 12.4. The van der Waals surface area contributed by atoms with Crippen molar-refractivity contribution >= 4 is 11.9 Å². The van der Waals surface area contributed by atoms with Crippen molar-refractivity contribution in [1.82, 2.24) is 4.90 Å². The molecule has 130 valence electrons. The molecule has 1 saturated heterocycles. The zero-order valence-corrected chi connectivity index (χ0v) is 13.8. The van der Waals surface area contributed by atoms with Crippen molar-refractivity contribution in [3.63, 3.8) is 0 Å². The summed E-state index contributed by atoms with van der Waals surface area (Å²) < 4.78 is 16.7. The van der Waals surface area contributed by atoms with Crippen LogP contribution in [0.25, 0.3) is 0 Å². The van der Waals surface area contributed by atoms with Gasteiger partial charge < -0.3 is 24.2 Å². The van der Waals surface area contributed by atoms with Crippen molar-refractivity contribution in [3.8, 4) is 11.5 Å². The number of fused-ring (bicyclic) bond motifs is 1. The second-order valence-electron chi connectivity index (χ2n) is 6.59. The molecule has 3 rings (SSSR count). The first-order chi connectivity index (χ1) is 11.4. The molecule has 7 heteroatoms. The van der Waals surface area contributed by atoms with Crippen molar-refractivity contribution in [2.75, 3.05) is 26.4 Å². The van der Waals surface area contributed by atoms with E-state index in [1.54, 1.807) is 6.07 Å². The van der Waals surface area contributed by atoms with Gasteiger partial charge in [0.25, 0.3) is 5.91 Å². The maximum Gasteiger partial charge on any atom is 0.328 e. The number of para-hydroxylation sites is 1. The first-order valence-corrected chi connectivity index (χ1v) is 7.91. The van der Waals surface area contributed by atoms with Crippen molar-refractivity contribution < 1.29 is 28.9 Å². The fourth-order valence-electron chi connectivity index (χ4n) is 3.03. The molecular weight excluding hydrogens is 314 g/mol. The Labute approximate surface area is 140 Å². The predicted octanol–water partition coefficient (Wildman–Crippen LogP) is 1.09. The molecule has 0 saturated carbocycles. The van der Waals surface area contributed by atoms with Crippen LogP contribution in [0.5, 0.6) is 11.5 Å². The first-order valence-electron chi connectivity index (χ1n) is 7.91. The lowest BCUT2D eigenvalue weighted by Gasteiger charge is -2.32. The molecule has 1 N–H and O–H groups in total. The molecule has 0 aromatic heterocycles. The molecule has 1 aromatic rings. The summed E-state index contributed by atoms with van der Waals surface area (Å²) >= 11 is 0. The fraction of sp³-hybridized carbons (Fsp3) is 0.529. The normalized spacial score (nSPS) is 21.8. The van der Waals surface area contributed by atoms with Gasteiger partial charge >= 0.3 is 5.97 Å². The van der Waals surface area contributed by atoms with Crippen LogP contribution < -0.4 is 9.47 Å². The van der Waals surface area contributed by atoms with Gasteiger partial charge in [-0.05, 0) is 19.9 Å². The molecule has 0 spiro atoms. The van der Waals surface area contributed by atoms with Crippen LogP contribution in [0.1, 0.15) is 19.4 Å². The SMILES string of the molecule is CC1(C)Cc2cccc(OCC(=O)N3CCOCC3C(=O)O)c2O1. The summed E-state index contributed by atoms with van der Waals surface area (Å²) in [6, 6.07) is 4.62. The number of hydrogen-bond acceptors (Lipinski definition) is 5. The fourth-order valence-corrected chi connectivity index (χ4v) is 3.03. The highest BCUT2D eigenvalue weighted by Gasteiger charge is 2.34. The van der Waals surface area contributed by atoms with Crippen molar-refractivity contribution in [1.29, 1.82) is 0 Å². The summed E-state index contributed by atoms with van der Waals surface area (Å²) in [6.45, 7) is 4.33. The number of rotatable bonds is 4. The van der Waals surface area contributed by atoms with Crippen LogP contribution in [0.2, 0.25) is 0 Å². The second-order valence-corrected chi connectivity index (χ2v) is 6.59. The lowest BCUT2D eigenvalue weighted by atomic mass is 10.0. The van der Waals surface area contributed by atoms with Crippen LogP contribution in [0.3, 0.4) is 0 Å². The average molecular weight is 335 g/mol. The Morgan fingerprint density at radius 2 is 2.21 bits per heavy atom. The van der Waals surface area contributed by atoms with Crippen LogP contribution in [-0.4, -0.2) is 59.9 Å². The number of aliphatic carboxylic acids is 1. The lowest BCUT2D eigenvalue weighted by Crippen LogP contribution is -2.53. The van der Waals surface area contributed by atoms with E-state index in [1.165, 1.54) is 4.90 Å². The summed E-state index contributed by atoms with van der Waals surface area (Å²) in [5.41, 5.74) is 0.740. The highest BCUT2D eigenvalue weighted by atomic mass is 16.5.